The number of carbonyl (C=O) groups excluding carboxylic acids is 1. The summed E-state index contributed by atoms with van der Waals surface area (Å²) in [4.78, 5) is 12.5. The number of benzene rings is 2. The van der Waals surface area contributed by atoms with Crippen molar-refractivity contribution in [2.24, 2.45) is 0 Å². The molecular weight excluding hydrogens is 393 g/mol. The Hall–Kier alpha value is -1.76. The lowest BCUT2D eigenvalue weighted by atomic mass is 10.1. The Morgan fingerprint density at radius 3 is 2.45 bits per heavy atom. The molecule has 0 atom stereocenters. The van der Waals surface area contributed by atoms with Crippen LogP contribution in [-0.2, 0) is 0 Å². The lowest BCUT2D eigenvalue weighted by Crippen LogP contribution is -2.13. The van der Waals surface area contributed by atoms with Gasteiger partial charge in [-0.3, -0.25) is 4.79 Å². The number of hydrogen-bond acceptors (Lipinski definition) is 3. The number of aryl methyl sites for hydroxylation is 2. The molecule has 22 heavy (non-hydrogen) atoms. The van der Waals surface area contributed by atoms with Gasteiger partial charge >= 0.3 is 0 Å². The predicted octanol–water partition coefficient (Wildman–Crippen LogP) is 4.18. The van der Waals surface area contributed by atoms with Crippen LogP contribution >= 0.6 is 22.6 Å². The zero-order valence-corrected chi connectivity index (χ0v) is 15.1. The van der Waals surface area contributed by atoms with E-state index in [9.17, 15) is 4.79 Å². The molecule has 1 amide bonds. The fourth-order valence-electron chi connectivity index (χ4n) is 2.11. The van der Waals surface area contributed by atoms with Crippen LogP contribution in [0.15, 0.2) is 30.3 Å². The van der Waals surface area contributed by atoms with Crippen LogP contribution in [0.2, 0.25) is 0 Å². The minimum Gasteiger partial charge on any atom is -0.493 e. The fraction of sp³-hybridized carbons (Fsp3) is 0.235. The van der Waals surface area contributed by atoms with Crippen molar-refractivity contribution in [3.63, 3.8) is 0 Å². The first kappa shape index (κ1) is 16.6. The zero-order valence-electron chi connectivity index (χ0n) is 13.0. The normalized spacial score (nSPS) is 10.2. The van der Waals surface area contributed by atoms with Crippen LogP contribution in [0, 0.1) is 17.4 Å². The van der Waals surface area contributed by atoms with Gasteiger partial charge in [-0.05, 0) is 65.8 Å². The van der Waals surface area contributed by atoms with Gasteiger partial charge in [-0.25, -0.2) is 0 Å². The summed E-state index contributed by atoms with van der Waals surface area (Å²) < 4.78 is 11.4. The zero-order chi connectivity index (χ0) is 16.3. The molecule has 0 aromatic heterocycles. The number of hydrogen-bond donors (Lipinski definition) is 1. The van der Waals surface area contributed by atoms with E-state index in [-0.39, 0.29) is 5.91 Å². The minimum absolute atomic E-state index is 0.174. The van der Waals surface area contributed by atoms with E-state index in [4.69, 9.17) is 9.47 Å². The van der Waals surface area contributed by atoms with Crippen molar-refractivity contribution in [2.45, 2.75) is 13.8 Å². The maximum absolute atomic E-state index is 12.5. The molecule has 0 aliphatic rings. The van der Waals surface area contributed by atoms with E-state index in [0.29, 0.717) is 17.1 Å². The predicted molar refractivity (Wildman–Crippen MR) is 96.1 cm³/mol. The minimum atomic E-state index is -0.174. The van der Waals surface area contributed by atoms with Crippen molar-refractivity contribution in [3.05, 3.63) is 50.6 Å². The first-order valence-corrected chi connectivity index (χ1v) is 7.84. The van der Waals surface area contributed by atoms with Gasteiger partial charge in [-0.15, -0.1) is 0 Å². The first-order valence-electron chi connectivity index (χ1n) is 6.76. The van der Waals surface area contributed by atoms with Crippen molar-refractivity contribution >= 4 is 34.2 Å². The quantitative estimate of drug-likeness (QED) is 0.769. The summed E-state index contributed by atoms with van der Waals surface area (Å²) in [5, 5.41) is 2.94. The van der Waals surface area contributed by atoms with Gasteiger partial charge < -0.3 is 14.8 Å². The van der Waals surface area contributed by atoms with Crippen LogP contribution in [0.1, 0.15) is 21.5 Å². The molecule has 4 nitrogen and oxygen atoms in total. The van der Waals surface area contributed by atoms with Gasteiger partial charge in [0.1, 0.15) is 0 Å². The second-order valence-electron chi connectivity index (χ2n) is 4.97. The molecule has 0 bridgehead atoms. The molecule has 0 unspecified atom stereocenters. The highest BCUT2D eigenvalue weighted by Gasteiger charge is 2.15. The molecule has 0 saturated carbocycles. The number of carbonyl (C=O) groups is 1. The largest absolute Gasteiger partial charge is 0.493 e. The van der Waals surface area contributed by atoms with Crippen LogP contribution in [0.25, 0.3) is 0 Å². The second-order valence-corrected chi connectivity index (χ2v) is 6.13. The summed E-state index contributed by atoms with van der Waals surface area (Å²) in [6.07, 6.45) is 0. The highest BCUT2D eigenvalue weighted by atomic mass is 127. The lowest BCUT2D eigenvalue weighted by molar-refractivity contribution is 0.102. The Kier molecular flexibility index (Phi) is 5.28. The third-order valence-electron chi connectivity index (χ3n) is 3.34. The molecule has 5 heteroatoms. The number of ether oxygens (including phenoxy) is 2. The van der Waals surface area contributed by atoms with E-state index in [2.05, 4.69) is 27.9 Å². The molecule has 2 aromatic carbocycles. The van der Waals surface area contributed by atoms with Gasteiger partial charge in [0.2, 0.25) is 0 Å². The van der Waals surface area contributed by atoms with Gasteiger partial charge in [-0.2, -0.15) is 0 Å². The Balaban J connectivity index is 2.34. The van der Waals surface area contributed by atoms with Crippen LogP contribution < -0.4 is 14.8 Å². The molecule has 2 rings (SSSR count). The fourth-order valence-corrected chi connectivity index (χ4v) is 2.94. The van der Waals surface area contributed by atoms with E-state index in [0.717, 1.165) is 20.4 Å². The van der Waals surface area contributed by atoms with Crippen molar-refractivity contribution in [2.75, 3.05) is 19.5 Å². The van der Waals surface area contributed by atoms with E-state index in [1.54, 1.807) is 26.4 Å². The summed E-state index contributed by atoms with van der Waals surface area (Å²) in [5.41, 5.74) is 3.47. The molecule has 0 fully saturated rings. The third kappa shape index (κ3) is 3.52. The summed E-state index contributed by atoms with van der Waals surface area (Å²) in [6, 6.07) is 9.43. The number of halogens is 1. The number of nitrogens with one attached hydrogen (secondary N) is 1. The third-order valence-corrected chi connectivity index (χ3v) is 4.14. The Morgan fingerprint density at radius 2 is 1.82 bits per heavy atom. The second kappa shape index (κ2) is 7.00. The van der Waals surface area contributed by atoms with E-state index < -0.39 is 0 Å². The van der Waals surface area contributed by atoms with Gasteiger partial charge in [0.05, 0.1) is 17.8 Å². The summed E-state index contributed by atoms with van der Waals surface area (Å²) in [6.45, 7) is 3.96. The van der Waals surface area contributed by atoms with Gasteiger partial charge in [0, 0.05) is 11.3 Å². The SMILES string of the molecule is COc1cc(C(=O)Nc2cc(C)ccc2C)cc(I)c1OC. The lowest BCUT2D eigenvalue weighted by Gasteiger charge is -2.13. The van der Waals surface area contributed by atoms with E-state index in [1.165, 1.54) is 0 Å². The Morgan fingerprint density at radius 1 is 1.09 bits per heavy atom. The number of rotatable bonds is 4. The first-order chi connectivity index (χ1) is 10.5. The topological polar surface area (TPSA) is 47.6 Å². The maximum Gasteiger partial charge on any atom is 0.255 e. The Labute approximate surface area is 144 Å². The molecule has 116 valence electrons. The van der Waals surface area contributed by atoms with Crippen LogP contribution in [-0.4, -0.2) is 20.1 Å². The van der Waals surface area contributed by atoms with Gasteiger partial charge in [0.25, 0.3) is 5.91 Å². The molecule has 0 aliphatic heterocycles. The number of amides is 1. The van der Waals surface area contributed by atoms with E-state index in [1.807, 2.05) is 32.0 Å². The van der Waals surface area contributed by atoms with Gasteiger partial charge in [-0.1, -0.05) is 12.1 Å². The molecule has 1 N–H and O–H groups in total. The summed E-state index contributed by atoms with van der Waals surface area (Å²) in [7, 11) is 3.14. The van der Waals surface area contributed by atoms with Crippen molar-refractivity contribution < 1.29 is 14.3 Å². The van der Waals surface area contributed by atoms with E-state index >= 15 is 0 Å². The van der Waals surface area contributed by atoms with Gasteiger partial charge in [0.15, 0.2) is 11.5 Å². The number of methoxy groups -OCH3 is 2. The average molecular weight is 411 g/mol. The molecular formula is C17H18INO3. The highest BCUT2D eigenvalue weighted by molar-refractivity contribution is 14.1. The van der Waals surface area contributed by atoms with Crippen LogP contribution in [0.5, 0.6) is 11.5 Å². The maximum atomic E-state index is 12.5. The molecule has 0 radical (unpaired) electrons. The number of anilines is 1. The van der Waals surface area contributed by atoms with Crippen molar-refractivity contribution in [3.8, 4) is 11.5 Å². The molecule has 0 heterocycles. The molecule has 0 aliphatic carbocycles. The summed E-state index contributed by atoms with van der Waals surface area (Å²) >= 11 is 2.13. The van der Waals surface area contributed by atoms with Crippen LogP contribution in [0.3, 0.4) is 0 Å². The standard InChI is InChI=1S/C17H18INO3/c1-10-5-6-11(2)14(7-10)19-17(20)12-8-13(18)16(22-4)15(9-12)21-3/h5-9H,1-4H3,(H,19,20). The van der Waals surface area contributed by atoms with Crippen LogP contribution in [0.4, 0.5) is 5.69 Å². The van der Waals surface area contributed by atoms with Crippen molar-refractivity contribution in [1.29, 1.82) is 0 Å². The molecule has 0 spiro atoms. The monoisotopic (exact) mass is 411 g/mol. The smallest absolute Gasteiger partial charge is 0.255 e. The summed E-state index contributed by atoms with van der Waals surface area (Å²) in [5.74, 6) is 1.000. The Bertz CT molecular complexity index is 713. The molecule has 0 saturated heterocycles. The average Bonchev–Trinajstić information content (AvgIpc) is 2.49. The highest BCUT2D eigenvalue weighted by Crippen LogP contribution is 2.33. The van der Waals surface area contributed by atoms with Crippen molar-refractivity contribution in [1.82, 2.24) is 0 Å². The molecule has 2 aromatic rings.